The first-order chi connectivity index (χ1) is 7.24. The summed E-state index contributed by atoms with van der Waals surface area (Å²) in [5.41, 5.74) is 0. The molecule has 1 aliphatic heterocycles. The molecular weight excluding hydrogens is 190 g/mol. The van der Waals surface area contributed by atoms with Crippen molar-refractivity contribution in [2.45, 2.75) is 6.42 Å². The molecule has 2 amide bonds. The lowest BCUT2D eigenvalue weighted by Gasteiger charge is -2.14. The number of rotatable bonds is 1. The summed E-state index contributed by atoms with van der Waals surface area (Å²) in [5.74, 6) is 2.60. The van der Waals surface area contributed by atoms with E-state index >= 15 is 0 Å². The van der Waals surface area contributed by atoms with Crippen molar-refractivity contribution in [1.82, 2.24) is 4.90 Å². The summed E-state index contributed by atoms with van der Waals surface area (Å²) >= 11 is 0. The molecular formula is C12H11NO2. The van der Waals surface area contributed by atoms with Gasteiger partial charge in [0.05, 0.1) is 18.4 Å². The summed E-state index contributed by atoms with van der Waals surface area (Å²) in [4.78, 5) is 25.2. The lowest BCUT2D eigenvalue weighted by molar-refractivity contribution is -0.139. The molecule has 15 heavy (non-hydrogen) atoms. The van der Waals surface area contributed by atoms with Crippen LogP contribution in [0.25, 0.3) is 0 Å². The monoisotopic (exact) mass is 201 g/mol. The topological polar surface area (TPSA) is 37.4 Å². The summed E-state index contributed by atoms with van der Waals surface area (Å²) in [7, 11) is 0. The highest BCUT2D eigenvalue weighted by atomic mass is 16.2. The molecule has 1 saturated heterocycles. The number of carbonyl (C=O) groups excluding carboxylic acids is 2. The Bertz CT molecular complexity index is 388. The SMILES string of the molecule is C#CCN1C(=O)[C@@H]2C3C=CC(C3)[C@@H]2C1=O. The third-order valence-corrected chi connectivity index (χ3v) is 3.81. The van der Waals surface area contributed by atoms with Crippen LogP contribution in [0, 0.1) is 36.0 Å². The molecule has 2 aliphatic carbocycles. The minimum absolute atomic E-state index is 0.0557. The van der Waals surface area contributed by atoms with E-state index < -0.39 is 0 Å². The highest BCUT2D eigenvalue weighted by molar-refractivity contribution is 6.06. The number of allylic oxidation sites excluding steroid dienone is 2. The molecule has 2 bridgehead atoms. The Kier molecular flexibility index (Phi) is 1.59. The highest BCUT2D eigenvalue weighted by Crippen LogP contribution is 2.52. The molecule has 2 fully saturated rings. The molecule has 1 saturated carbocycles. The largest absolute Gasteiger partial charge is 0.274 e. The van der Waals surface area contributed by atoms with E-state index in [1.54, 1.807) is 0 Å². The van der Waals surface area contributed by atoms with Crippen LogP contribution in [-0.2, 0) is 9.59 Å². The number of amides is 2. The molecule has 0 aromatic carbocycles. The molecule has 4 atom stereocenters. The van der Waals surface area contributed by atoms with Gasteiger partial charge in [0.25, 0.3) is 0 Å². The predicted octanol–water partition coefficient (Wildman–Crippen LogP) is 0.427. The van der Waals surface area contributed by atoms with Crippen molar-refractivity contribution in [2.24, 2.45) is 23.7 Å². The second-order valence-electron chi connectivity index (χ2n) is 4.47. The average Bonchev–Trinajstić information content (AvgIpc) is 2.87. The smallest absolute Gasteiger partial charge is 0.234 e. The Morgan fingerprint density at radius 2 is 1.80 bits per heavy atom. The number of hydrogen-bond acceptors (Lipinski definition) is 2. The number of nitrogens with zero attached hydrogens (tertiary/aromatic N) is 1. The zero-order valence-corrected chi connectivity index (χ0v) is 8.22. The van der Waals surface area contributed by atoms with E-state index in [9.17, 15) is 9.59 Å². The second kappa shape index (κ2) is 2.73. The minimum atomic E-state index is -0.110. The van der Waals surface area contributed by atoms with Crippen LogP contribution in [0.5, 0.6) is 0 Å². The Morgan fingerprint density at radius 1 is 1.27 bits per heavy atom. The van der Waals surface area contributed by atoms with Crippen molar-refractivity contribution in [2.75, 3.05) is 6.54 Å². The van der Waals surface area contributed by atoms with Crippen molar-refractivity contribution >= 4 is 11.8 Å². The standard InChI is InChI=1S/C12H11NO2/c1-2-5-13-11(14)9-7-3-4-8(6-7)10(9)12(13)15/h1,3-4,7-10H,5-6H2/t7?,8?,9-,10+. The van der Waals surface area contributed by atoms with Gasteiger partial charge >= 0.3 is 0 Å². The molecule has 0 N–H and O–H groups in total. The molecule has 3 heteroatoms. The van der Waals surface area contributed by atoms with Gasteiger partial charge in [-0.05, 0) is 18.3 Å². The van der Waals surface area contributed by atoms with Crippen LogP contribution >= 0.6 is 0 Å². The van der Waals surface area contributed by atoms with Gasteiger partial charge in [0.1, 0.15) is 0 Å². The third-order valence-electron chi connectivity index (χ3n) is 3.81. The fourth-order valence-electron chi connectivity index (χ4n) is 3.21. The lowest BCUT2D eigenvalue weighted by atomic mass is 9.85. The van der Waals surface area contributed by atoms with E-state index in [-0.39, 0.29) is 42.0 Å². The first-order valence-corrected chi connectivity index (χ1v) is 5.21. The van der Waals surface area contributed by atoms with E-state index in [0.29, 0.717) is 0 Å². The van der Waals surface area contributed by atoms with Gasteiger partial charge in [-0.3, -0.25) is 14.5 Å². The molecule has 3 aliphatic rings. The normalized spacial score (nSPS) is 41.1. The van der Waals surface area contributed by atoms with Gasteiger partial charge in [-0.25, -0.2) is 0 Å². The molecule has 3 rings (SSSR count). The predicted molar refractivity (Wildman–Crippen MR) is 53.3 cm³/mol. The Labute approximate surface area is 88.1 Å². The first-order valence-electron chi connectivity index (χ1n) is 5.21. The summed E-state index contributed by atoms with van der Waals surface area (Å²) in [6.45, 7) is 0.129. The minimum Gasteiger partial charge on any atom is -0.274 e. The van der Waals surface area contributed by atoms with E-state index in [2.05, 4.69) is 18.1 Å². The van der Waals surface area contributed by atoms with Gasteiger partial charge in [-0.1, -0.05) is 18.1 Å². The number of fused-ring (bicyclic) bond motifs is 5. The number of imide groups is 1. The van der Waals surface area contributed by atoms with Crippen LogP contribution in [-0.4, -0.2) is 23.3 Å². The average molecular weight is 201 g/mol. The summed E-state index contributed by atoms with van der Waals surface area (Å²) in [6.07, 6.45) is 10.3. The Hall–Kier alpha value is -1.56. The van der Waals surface area contributed by atoms with Gasteiger partial charge in [-0.15, -0.1) is 6.42 Å². The maximum atomic E-state index is 12.0. The molecule has 3 nitrogen and oxygen atoms in total. The van der Waals surface area contributed by atoms with Crippen molar-refractivity contribution in [3.8, 4) is 12.3 Å². The van der Waals surface area contributed by atoms with E-state index in [0.717, 1.165) is 6.42 Å². The fraction of sp³-hybridized carbons (Fsp3) is 0.500. The molecule has 1 heterocycles. The lowest BCUT2D eigenvalue weighted by Crippen LogP contribution is -2.33. The van der Waals surface area contributed by atoms with Gasteiger partial charge in [0.2, 0.25) is 11.8 Å². The second-order valence-corrected chi connectivity index (χ2v) is 4.47. The van der Waals surface area contributed by atoms with Crippen LogP contribution in [0.2, 0.25) is 0 Å². The number of carbonyl (C=O) groups is 2. The number of hydrogen-bond donors (Lipinski definition) is 0. The number of terminal acetylenes is 1. The molecule has 2 unspecified atom stereocenters. The molecule has 0 spiro atoms. The maximum absolute atomic E-state index is 12.0. The van der Waals surface area contributed by atoms with Crippen molar-refractivity contribution in [3.05, 3.63) is 12.2 Å². The van der Waals surface area contributed by atoms with E-state index in [1.165, 1.54) is 4.90 Å². The van der Waals surface area contributed by atoms with Crippen LogP contribution in [0.4, 0.5) is 0 Å². The van der Waals surface area contributed by atoms with Crippen molar-refractivity contribution in [1.29, 1.82) is 0 Å². The van der Waals surface area contributed by atoms with Gasteiger partial charge in [0, 0.05) is 0 Å². The Balaban J connectivity index is 1.97. The summed E-state index contributed by atoms with van der Waals surface area (Å²) in [5, 5.41) is 0. The zero-order valence-electron chi connectivity index (χ0n) is 8.22. The first kappa shape index (κ1) is 8.72. The van der Waals surface area contributed by atoms with Crippen LogP contribution < -0.4 is 0 Å². The maximum Gasteiger partial charge on any atom is 0.234 e. The molecule has 0 aromatic rings. The van der Waals surface area contributed by atoms with Crippen LogP contribution in [0.15, 0.2) is 12.2 Å². The van der Waals surface area contributed by atoms with Crippen molar-refractivity contribution in [3.63, 3.8) is 0 Å². The molecule has 0 radical (unpaired) electrons. The van der Waals surface area contributed by atoms with Crippen molar-refractivity contribution < 1.29 is 9.59 Å². The fourth-order valence-corrected chi connectivity index (χ4v) is 3.21. The van der Waals surface area contributed by atoms with Gasteiger partial charge < -0.3 is 0 Å². The highest BCUT2D eigenvalue weighted by Gasteiger charge is 2.58. The number of likely N-dealkylation sites (tertiary alicyclic amines) is 1. The Morgan fingerprint density at radius 3 is 2.27 bits per heavy atom. The van der Waals surface area contributed by atoms with Crippen LogP contribution in [0.3, 0.4) is 0 Å². The van der Waals surface area contributed by atoms with Gasteiger partial charge in [-0.2, -0.15) is 0 Å². The van der Waals surface area contributed by atoms with E-state index in [1.807, 2.05) is 0 Å². The van der Waals surface area contributed by atoms with Gasteiger partial charge in [0.15, 0.2) is 0 Å². The summed E-state index contributed by atoms with van der Waals surface area (Å²) < 4.78 is 0. The quantitative estimate of drug-likeness (QED) is 0.350. The third kappa shape index (κ3) is 0.918. The zero-order chi connectivity index (χ0) is 10.6. The van der Waals surface area contributed by atoms with E-state index in [4.69, 9.17) is 6.42 Å². The summed E-state index contributed by atoms with van der Waals surface area (Å²) in [6, 6.07) is 0. The van der Waals surface area contributed by atoms with Crippen LogP contribution in [0.1, 0.15) is 6.42 Å². The molecule has 76 valence electrons. The molecule has 0 aromatic heterocycles.